The minimum absolute atomic E-state index is 0.193. The monoisotopic (exact) mass is 272 g/mol. The Kier molecular flexibility index (Phi) is 4.09. The molecule has 0 saturated carbocycles. The highest BCUT2D eigenvalue weighted by Gasteiger charge is 2.25. The fourth-order valence-corrected chi connectivity index (χ4v) is 2.21. The maximum atomic E-state index is 13.4. The molecule has 1 fully saturated rings. The second-order valence-corrected chi connectivity index (χ2v) is 4.79. The summed E-state index contributed by atoms with van der Waals surface area (Å²) in [6.07, 6.45) is 2.47. The summed E-state index contributed by atoms with van der Waals surface area (Å²) in [5, 5.41) is 5.29. The molecule has 0 bridgehead atoms. The lowest BCUT2D eigenvalue weighted by Crippen LogP contribution is -2.47. The summed E-state index contributed by atoms with van der Waals surface area (Å²) in [6, 6.07) is 0.933. The molecule has 1 aromatic rings. The van der Waals surface area contributed by atoms with Crippen molar-refractivity contribution in [2.75, 3.05) is 5.32 Å². The zero-order valence-electron chi connectivity index (χ0n) is 10.5. The highest BCUT2D eigenvalue weighted by molar-refractivity contribution is 5.95. The highest BCUT2D eigenvalue weighted by Crippen LogP contribution is 2.20. The van der Waals surface area contributed by atoms with E-state index in [4.69, 9.17) is 0 Å². The zero-order chi connectivity index (χ0) is 14.0. The van der Waals surface area contributed by atoms with Gasteiger partial charge >= 0.3 is 0 Å². The van der Waals surface area contributed by atoms with Gasteiger partial charge in [0, 0.05) is 18.2 Å². The van der Waals surface area contributed by atoms with Crippen LogP contribution in [0.1, 0.15) is 26.2 Å². The van der Waals surface area contributed by atoms with Gasteiger partial charge in [0.2, 0.25) is 5.91 Å². The van der Waals surface area contributed by atoms with E-state index in [1.165, 1.54) is 0 Å². The largest absolute Gasteiger partial charge is 0.322 e. The molecule has 1 aliphatic heterocycles. The van der Waals surface area contributed by atoms with Gasteiger partial charge < -0.3 is 10.6 Å². The second-order valence-electron chi connectivity index (χ2n) is 4.79. The van der Waals surface area contributed by atoms with E-state index in [0.29, 0.717) is 12.5 Å². The van der Waals surface area contributed by atoms with Gasteiger partial charge in [0.1, 0.15) is 5.82 Å². The lowest BCUT2D eigenvalue weighted by atomic mass is 9.99. The number of carbonyl (C=O) groups excluding carboxylic acids is 1. The molecule has 1 aromatic carbocycles. The van der Waals surface area contributed by atoms with Gasteiger partial charge in [-0.2, -0.15) is 0 Å². The van der Waals surface area contributed by atoms with E-state index < -0.39 is 35.1 Å². The van der Waals surface area contributed by atoms with Crippen LogP contribution < -0.4 is 10.6 Å². The maximum absolute atomic E-state index is 13.4. The Labute approximate surface area is 109 Å². The van der Waals surface area contributed by atoms with Gasteiger partial charge in [-0.15, -0.1) is 0 Å². The fourth-order valence-electron chi connectivity index (χ4n) is 2.21. The molecule has 6 heteroatoms. The zero-order valence-corrected chi connectivity index (χ0v) is 10.5. The standard InChI is InChI=1S/C13H15F3N2O/c1-7-3-2-4-10(17-7)13(19)18-11-6-8(14)5-9(15)12(11)16/h5-7,10,17H,2-4H2,1H3,(H,18,19). The second kappa shape index (κ2) is 5.61. The third-order valence-electron chi connectivity index (χ3n) is 3.18. The minimum Gasteiger partial charge on any atom is -0.322 e. The third-order valence-corrected chi connectivity index (χ3v) is 3.18. The van der Waals surface area contributed by atoms with E-state index in [0.717, 1.165) is 18.9 Å². The van der Waals surface area contributed by atoms with Gasteiger partial charge in [-0.1, -0.05) is 0 Å². The molecule has 2 atom stereocenters. The fraction of sp³-hybridized carbons (Fsp3) is 0.462. The summed E-state index contributed by atoms with van der Waals surface area (Å²) < 4.78 is 39.4. The Morgan fingerprint density at radius 1 is 1.32 bits per heavy atom. The molecule has 1 heterocycles. The number of rotatable bonds is 2. The molecule has 19 heavy (non-hydrogen) atoms. The Bertz CT molecular complexity index is 493. The van der Waals surface area contributed by atoms with Crippen LogP contribution in [0.3, 0.4) is 0 Å². The Morgan fingerprint density at radius 2 is 2.05 bits per heavy atom. The van der Waals surface area contributed by atoms with Crippen LogP contribution in [0.2, 0.25) is 0 Å². The van der Waals surface area contributed by atoms with Crippen molar-refractivity contribution in [3.63, 3.8) is 0 Å². The molecule has 0 spiro atoms. The van der Waals surface area contributed by atoms with Gasteiger partial charge in [0.15, 0.2) is 11.6 Å². The smallest absolute Gasteiger partial charge is 0.241 e. The predicted octanol–water partition coefficient (Wildman–Crippen LogP) is 2.57. The van der Waals surface area contributed by atoms with E-state index in [-0.39, 0.29) is 6.04 Å². The lowest BCUT2D eigenvalue weighted by Gasteiger charge is -2.27. The van der Waals surface area contributed by atoms with E-state index in [9.17, 15) is 18.0 Å². The van der Waals surface area contributed by atoms with Crippen LogP contribution in [-0.2, 0) is 4.79 Å². The number of piperidine rings is 1. The number of amides is 1. The first-order valence-corrected chi connectivity index (χ1v) is 6.19. The molecule has 0 aliphatic carbocycles. The van der Waals surface area contributed by atoms with Crippen LogP contribution in [0.15, 0.2) is 12.1 Å². The molecule has 2 unspecified atom stereocenters. The Hall–Kier alpha value is -1.56. The van der Waals surface area contributed by atoms with Crippen LogP contribution in [0.4, 0.5) is 18.9 Å². The molecular formula is C13H15F3N2O. The van der Waals surface area contributed by atoms with Crippen molar-refractivity contribution in [1.82, 2.24) is 5.32 Å². The minimum atomic E-state index is -1.32. The average molecular weight is 272 g/mol. The summed E-state index contributed by atoms with van der Waals surface area (Å²) in [4.78, 5) is 11.9. The summed E-state index contributed by atoms with van der Waals surface area (Å²) in [7, 11) is 0. The molecule has 1 aliphatic rings. The van der Waals surface area contributed by atoms with E-state index >= 15 is 0 Å². The van der Waals surface area contributed by atoms with Crippen molar-refractivity contribution in [2.24, 2.45) is 0 Å². The first kappa shape index (κ1) is 13.9. The Morgan fingerprint density at radius 3 is 2.74 bits per heavy atom. The summed E-state index contributed by atoms with van der Waals surface area (Å²) >= 11 is 0. The van der Waals surface area contributed by atoms with E-state index in [1.54, 1.807) is 0 Å². The highest BCUT2D eigenvalue weighted by atomic mass is 19.2. The molecule has 0 aromatic heterocycles. The van der Waals surface area contributed by atoms with Crippen molar-refractivity contribution in [3.05, 3.63) is 29.6 Å². The summed E-state index contributed by atoms with van der Waals surface area (Å²) in [5.41, 5.74) is -0.470. The number of benzene rings is 1. The molecule has 3 nitrogen and oxygen atoms in total. The number of hydrogen-bond acceptors (Lipinski definition) is 2. The van der Waals surface area contributed by atoms with Crippen LogP contribution in [0, 0.1) is 17.5 Å². The molecule has 0 radical (unpaired) electrons. The maximum Gasteiger partial charge on any atom is 0.241 e. The summed E-state index contributed by atoms with van der Waals surface area (Å²) in [5.74, 6) is -3.98. The van der Waals surface area contributed by atoms with Crippen LogP contribution in [-0.4, -0.2) is 18.0 Å². The van der Waals surface area contributed by atoms with Crippen LogP contribution in [0.5, 0.6) is 0 Å². The first-order valence-electron chi connectivity index (χ1n) is 6.19. The van der Waals surface area contributed by atoms with Crippen molar-refractivity contribution >= 4 is 11.6 Å². The molecular weight excluding hydrogens is 257 g/mol. The third kappa shape index (κ3) is 3.26. The van der Waals surface area contributed by atoms with Crippen LogP contribution >= 0.6 is 0 Å². The van der Waals surface area contributed by atoms with E-state index in [1.807, 2.05) is 6.92 Å². The molecule has 104 valence electrons. The molecule has 2 N–H and O–H groups in total. The molecule has 1 amide bonds. The average Bonchev–Trinajstić information content (AvgIpc) is 2.35. The number of carbonyl (C=O) groups is 1. The topological polar surface area (TPSA) is 41.1 Å². The van der Waals surface area contributed by atoms with Crippen molar-refractivity contribution in [3.8, 4) is 0 Å². The van der Waals surface area contributed by atoms with Gasteiger partial charge in [-0.25, -0.2) is 13.2 Å². The van der Waals surface area contributed by atoms with Gasteiger partial charge in [0.05, 0.1) is 11.7 Å². The normalized spacial score (nSPS) is 23.2. The van der Waals surface area contributed by atoms with Crippen molar-refractivity contribution in [1.29, 1.82) is 0 Å². The SMILES string of the molecule is CC1CCCC(C(=O)Nc2cc(F)cc(F)c2F)N1. The van der Waals surface area contributed by atoms with Crippen LogP contribution in [0.25, 0.3) is 0 Å². The number of anilines is 1. The predicted molar refractivity (Wildman–Crippen MR) is 65.2 cm³/mol. The Balaban J connectivity index is 2.10. The van der Waals surface area contributed by atoms with Gasteiger partial charge in [-0.3, -0.25) is 4.79 Å². The molecule has 2 rings (SSSR count). The van der Waals surface area contributed by atoms with Gasteiger partial charge in [0.25, 0.3) is 0 Å². The quantitative estimate of drug-likeness (QED) is 0.812. The van der Waals surface area contributed by atoms with Crippen molar-refractivity contribution in [2.45, 2.75) is 38.3 Å². The number of hydrogen-bond donors (Lipinski definition) is 2. The van der Waals surface area contributed by atoms with E-state index in [2.05, 4.69) is 10.6 Å². The lowest BCUT2D eigenvalue weighted by molar-refractivity contribution is -0.118. The molecule has 1 saturated heterocycles. The van der Waals surface area contributed by atoms with Gasteiger partial charge in [-0.05, 0) is 26.2 Å². The first-order chi connectivity index (χ1) is 8.97. The number of halogens is 3. The van der Waals surface area contributed by atoms with Crippen molar-refractivity contribution < 1.29 is 18.0 Å². The number of nitrogens with one attached hydrogen (secondary N) is 2. The summed E-state index contributed by atoms with van der Waals surface area (Å²) in [6.45, 7) is 1.95.